The van der Waals surface area contributed by atoms with Crippen LogP contribution in [0.3, 0.4) is 0 Å². The van der Waals surface area contributed by atoms with Gasteiger partial charge in [0.25, 0.3) is 5.91 Å². The minimum Gasteiger partial charge on any atom is -0.484 e. The van der Waals surface area contributed by atoms with E-state index in [4.69, 9.17) is 21.1 Å². The van der Waals surface area contributed by atoms with E-state index in [0.29, 0.717) is 22.1 Å². The summed E-state index contributed by atoms with van der Waals surface area (Å²) in [5.74, 6) is 0.182. The van der Waals surface area contributed by atoms with Crippen molar-refractivity contribution in [2.75, 3.05) is 6.61 Å². The van der Waals surface area contributed by atoms with E-state index in [0.717, 1.165) is 16.7 Å². The van der Waals surface area contributed by atoms with Gasteiger partial charge in [-0.15, -0.1) is 0 Å². The van der Waals surface area contributed by atoms with E-state index in [1.165, 1.54) is 6.21 Å². The zero-order valence-corrected chi connectivity index (χ0v) is 17.8. The van der Waals surface area contributed by atoms with Crippen molar-refractivity contribution in [3.63, 3.8) is 0 Å². The Hall–Kier alpha value is -3.64. The highest BCUT2D eigenvalue weighted by atomic mass is 35.5. The molecule has 6 nitrogen and oxygen atoms in total. The summed E-state index contributed by atoms with van der Waals surface area (Å²) in [6.45, 7) is 3.79. The number of esters is 1. The van der Waals surface area contributed by atoms with Crippen LogP contribution in [0.5, 0.6) is 11.5 Å². The van der Waals surface area contributed by atoms with Gasteiger partial charge in [0.2, 0.25) is 0 Å². The molecule has 0 heterocycles. The molecule has 3 rings (SSSR count). The number of carbonyl (C=O) groups excluding carboxylic acids is 2. The summed E-state index contributed by atoms with van der Waals surface area (Å²) in [5, 5.41) is 4.46. The summed E-state index contributed by atoms with van der Waals surface area (Å²) >= 11 is 5.81. The molecular formula is C24H21ClN2O4. The van der Waals surface area contributed by atoms with Crippen molar-refractivity contribution in [1.82, 2.24) is 5.43 Å². The number of nitrogens with one attached hydrogen (secondary N) is 1. The van der Waals surface area contributed by atoms with Crippen molar-refractivity contribution in [1.29, 1.82) is 0 Å². The monoisotopic (exact) mass is 436 g/mol. The highest BCUT2D eigenvalue weighted by Crippen LogP contribution is 2.16. The smallest absolute Gasteiger partial charge is 0.343 e. The number of benzene rings is 3. The van der Waals surface area contributed by atoms with Gasteiger partial charge >= 0.3 is 5.97 Å². The van der Waals surface area contributed by atoms with E-state index in [-0.39, 0.29) is 12.5 Å². The summed E-state index contributed by atoms with van der Waals surface area (Å²) in [6.07, 6.45) is 1.49. The fourth-order valence-electron chi connectivity index (χ4n) is 2.75. The maximum absolute atomic E-state index is 12.1. The fourth-order valence-corrected chi connectivity index (χ4v) is 2.88. The average Bonchev–Trinajstić information content (AvgIpc) is 2.73. The normalized spacial score (nSPS) is 10.7. The molecule has 31 heavy (non-hydrogen) atoms. The lowest BCUT2D eigenvalue weighted by atomic mass is 10.1. The third kappa shape index (κ3) is 6.97. The minimum atomic E-state index is -0.478. The molecule has 0 spiro atoms. The molecule has 7 heteroatoms. The van der Waals surface area contributed by atoms with Gasteiger partial charge < -0.3 is 9.47 Å². The van der Waals surface area contributed by atoms with Crippen molar-refractivity contribution >= 4 is 29.7 Å². The second-order valence-corrected chi connectivity index (χ2v) is 7.31. The Balaban J connectivity index is 1.47. The molecule has 0 aromatic heterocycles. The fraction of sp³-hybridized carbons (Fsp3) is 0.125. The van der Waals surface area contributed by atoms with E-state index in [9.17, 15) is 9.59 Å². The van der Waals surface area contributed by atoms with Crippen molar-refractivity contribution in [3.8, 4) is 11.5 Å². The van der Waals surface area contributed by atoms with Gasteiger partial charge in [-0.3, -0.25) is 4.79 Å². The predicted molar refractivity (Wildman–Crippen MR) is 120 cm³/mol. The molecule has 0 unspecified atom stereocenters. The van der Waals surface area contributed by atoms with Crippen molar-refractivity contribution in [2.24, 2.45) is 5.10 Å². The van der Waals surface area contributed by atoms with Crippen LogP contribution < -0.4 is 14.9 Å². The number of carbonyl (C=O) groups is 2. The summed E-state index contributed by atoms with van der Waals surface area (Å²) in [7, 11) is 0. The SMILES string of the molecule is Cc1cc(C)cc(OCC(=O)NN=Cc2ccc(OC(=O)c3ccc(Cl)cc3)cc2)c1. The first kappa shape index (κ1) is 22.1. The summed E-state index contributed by atoms with van der Waals surface area (Å²) in [4.78, 5) is 24.0. The number of hydrogen-bond acceptors (Lipinski definition) is 5. The molecule has 0 aliphatic rings. The standard InChI is InChI=1S/C24H21ClN2O4/c1-16-11-17(2)13-22(12-16)30-15-23(28)27-26-14-18-3-9-21(10-4-18)31-24(29)19-5-7-20(25)8-6-19/h3-14H,15H2,1-2H3,(H,27,28). The first-order valence-electron chi connectivity index (χ1n) is 9.50. The molecule has 0 bridgehead atoms. The predicted octanol–water partition coefficient (Wildman–Crippen LogP) is 4.71. The molecule has 3 aromatic carbocycles. The van der Waals surface area contributed by atoms with Gasteiger partial charge in [0.1, 0.15) is 11.5 Å². The van der Waals surface area contributed by atoms with Gasteiger partial charge in [0.15, 0.2) is 6.61 Å². The molecule has 0 aliphatic heterocycles. The van der Waals surface area contributed by atoms with Crippen LogP contribution in [0.25, 0.3) is 0 Å². The maximum atomic E-state index is 12.1. The zero-order chi connectivity index (χ0) is 22.2. The number of amides is 1. The Morgan fingerprint density at radius 1 is 0.935 bits per heavy atom. The van der Waals surface area contributed by atoms with Gasteiger partial charge in [0, 0.05) is 5.02 Å². The van der Waals surface area contributed by atoms with Gasteiger partial charge in [0.05, 0.1) is 11.8 Å². The first-order valence-corrected chi connectivity index (χ1v) is 9.88. The van der Waals surface area contributed by atoms with Crippen LogP contribution in [0, 0.1) is 13.8 Å². The lowest BCUT2D eigenvalue weighted by molar-refractivity contribution is -0.123. The molecule has 1 N–H and O–H groups in total. The van der Waals surface area contributed by atoms with Crippen molar-refractivity contribution in [2.45, 2.75) is 13.8 Å². The largest absolute Gasteiger partial charge is 0.484 e. The molecular weight excluding hydrogens is 416 g/mol. The van der Waals surface area contributed by atoms with E-state index in [2.05, 4.69) is 10.5 Å². The van der Waals surface area contributed by atoms with Crippen LogP contribution in [-0.2, 0) is 4.79 Å². The first-order chi connectivity index (χ1) is 14.9. The Morgan fingerprint density at radius 3 is 2.23 bits per heavy atom. The van der Waals surface area contributed by atoms with Crippen molar-refractivity contribution < 1.29 is 19.1 Å². The Kier molecular flexibility index (Phi) is 7.40. The number of nitrogens with zero attached hydrogens (tertiary/aromatic N) is 1. The molecule has 3 aromatic rings. The van der Waals surface area contributed by atoms with Crippen LogP contribution in [0.2, 0.25) is 5.02 Å². The molecule has 0 fully saturated rings. The Bertz CT molecular complexity index is 1070. The van der Waals surface area contributed by atoms with Gasteiger partial charge in [-0.25, -0.2) is 10.2 Å². The molecule has 0 saturated heterocycles. The van der Waals surface area contributed by atoms with Gasteiger partial charge in [-0.05, 0) is 91.2 Å². The number of halogens is 1. The van der Waals surface area contributed by atoms with E-state index < -0.39 is 5.97 Å². The van der Waals surface area contributed by atoms with Gasteiger partial charge in [-0.2, -0.15) is 5.10 Å². The second-order valence-electron chi connectivity index (χ2n) is 6.87. The second kappa shape index (κ2) is 10.4. The number of aryl methyl sites for hydroxylation is 2. The average molecular weight is 437 g/mol. The molecule has 0 atom stereocenters. The van der Waals surface area contributed by atoms with E-state index >= 15 is 0 Å². The summed E-state index contributed by atoms with van der Waals surface area (Å²) < 4.78 is 10.8. The topological polar surface area (TPSA) is 77.0 Å². The zero-order valence-electron chi connectivity index (χ0n) is 17.1. The molecule has 1 amide bonds. The van der Waals surface area contributed by atoms with E-state index in [1.54, 1.807) is 48.5 Å². The lowest BCUT2D eigenvalue weighted by Gasteiger charge is -2.07. The number of ether oxygens (including phenoxy) is 2. The summed E-state index contributed by atoms with van der Waals surface area (Å²) in [6, 6.07) is 18.9. The van der Waals surface area contributed by atoms with Gasteiger partial charge in [-0.1, -0.05) is 17.7 Å². The highest BCUT2D eigenvalue weighted by Gasteiger charge is 2.08. The molecule has 158 valence electrons. The van der Waals surface area contributed by atoms with Crippen LogP contribution in [0.15, 0.2) is 71.8 Å². The quantitative estimate of drug-likeness (QED) is 0.252. The van der Waals surface area contributed by atoms with Crippen LogP contribution in [0.4, 0.5) is 0 Å². The third-order valence-corrected chi connectivity index (χ3v) is 4.39. The number of rotatable bonds is 7. The lowest BCUT2D eigenvalue weighted by Crippen LogP contribution is -2.24. The maximum Gasteiger partial charge on any atom is 0.343 e. The summed E-state index contributed by atoms with van der Waals surface area (Å²) in [5.41, 5.74) is 5.67. The number of hydrazone groups is 1. The van der Waals surface area contributed by atoms with Crippen molar-refractivity contribution in [3.05, 3.63) is 94.0 Å². The third-order valence-electron chi connectivity index (χ3n) is 4.14. The Morgan fingerprint density at radius 2 is 1.58 bits per heavy atom. The minimum absolute atomic E-state index is 0.139. The highest BCUT2D eigenvalue weighted by molar-refractivity contribution is 6.30. The van der Waals surface area contributed by atoms with Crippen LogP contribution in [-0.4, -0.2) is 24.7 Å². The molecule has 0 saturated carbocycles. The molecule has 0 aliphatic carbocycles. The van der Waals surface area contributed by atoms with Crippen LogP contribution >= 0.6 is 11.6 Å². The molecule has 0 radical (unpaired) electrons. The Labute approximate surface area is 185 Å². The number of hydrogen-bond donors (Lipinski definition) is 1. The van der Waals surface area contributed by atoms with Crippen LogP contribution in [0.1, 0.15) is 27.0 Å². The van der Waals surface area contributed by atoms with E-state index in [1.807, 2.05) is 32.0 Å².